The molecule has 1 N–H and O–H groups in total. The molecule has 0 bridgehead atoms. The van der Waals surface area contributed by atoms with Crippen LogP contribution in [-0.4, -0.2) is 20.2 Å². The average molecular weight is 307 g/mol. The first-order valence-electron chi connectivity index (χ1n) is 6.08. The molecule has 6 nitrogen and oxygen atoms in total. The van der Waals surface area contributed by atoms with Crippen molar-refractivity contribution in [1.29, 1.82) is 0 Å². The lowest BCUT2D eigenvalue weighted by molar-refractivity contribution is 0.116. The van der Waals surface area contributed by atoms with Gasteiger partial charge in [0, 0.05) is 18.1 Å². The Bertz CT molecular complexity index is 758. The van der Waals surface area contributed by atoms with E-state index in [2.05, 4.69) is 25.5 Å². The van der Waals surface area contributed by atoms with Crippen molar-refractivity contribution in [2.45, 2.75) is 6.43 Å². The third kappa shape index (κ3) is 3.03. The second kappa shape index (κ2) is 5.80. The van der Waals surface area contributed by atoms with E-state index in [1.807, 2.05) is 0 Å². The molecule has 2 aromatic heterocycles. The first kappa shape index (κ1) is 14.0. The summed E-state index contributed by atoms with van der Waals surface area (Å²) in [6, 6.07) is 5.64. The lowest BCUT2D eigenvalue weighted by atomic mass is 10.3. The highest BCUT2D eigenvalue weighted by atomic mass is 19.3. The predicted octanol–water partition coefficient (Wildman–Crippen LogP) is 3.35. The second-order valence-corrected chi connectivity index (χ2v) is 4.17. The highest BCUT2D eigenvalue weighted by Gasteiger charge is 2.17. The van der Waals surface area contributed by atoms with Crippen LogP contribution in [0.15, 0.2) is 41.1 Å². The molecule has 0 aliphatic rings. The molecule has 0 amide bonds. The largest absolute Gasteiger partial charge is 0.415 e. The van der Waals surface area contributed by atoms with Crippen LogP contribution in [0, 0.1) is 5.82 Å². The van der Waals surface area contributed by atoms with E-state index >= 15 is 0 Å². The maximum atomic E-state index is 12.8. The Hall–Kier alpha value is -2.97. The first-order valence-corrected chi connectivity index (χ1v) is 6.08. The fourth-order valence-corrected chi connectivity index (χ4v) is 1.60. The summed E-state index contributed by atoms with van der Waals surface area (Å²) in [6.07, 6.45) is -0.134. The van der Waals surface area contributed by atoms with Crippen LogP contribution in [0.5, 0.6) is 0 Å². The monoisotopic (exact) mass is 307 g/mol. The van der Waals surface area contributed by atoms with Crippen molar-refractivity contribution in [2.24, 2.45) is 0 Å². The zero-order valence-electron chi connectivity index (χ0n) is 10.9. The van der Waals surface area contributed by atoms with Gasteiger partial charge in [-0.15, -0.1) is 10.2 Å². The quantitative estimate of drug-likeness (QED) is 0.796. The van der Waals surface area contributed by atoms with Crippen LogP contribution in [0.2, 0.25) is 0 Å². The molecule has 3 rings (SSSR count). The molecule has 0 aliphatic carbocycles. The summed E-state index contributed by atoms with van der Waals surface area (Å²) < 4.78 is 42.3. The van der Waals surface area contributed by atoms with Crippen molar-refractivity contribution in [3.63, 3.8) is 0 Å². The normalized spacial score (nSPS) is 10.9. The molecule has 0 fully saturated rings. The summed E-state index contributed by atoms with van der Waals surface area (Å²) in [4.78, 5) is 7.99. The zero-order valence-corrected chi connectivity index (χ0v) is 10.9. The van der Waals surface area contributed by atoms with Crippen LogP contribution < -0.4 is 5.32 Å². The van der Waals surface area contributed by atoms with Gasteiger partial charge in [0.15, 0.2) is 0 Å². The second-order valence-electron chi connectivity index (χ2n) is 4.17. The number of hydrogen-bond acceptors (Lipinski definition) is 6. The number of benzene rings is 1. The van der Waals surface area contributed by atoms with Crippen LogP contribution in [0.25, 0.3) is 11.5 Å². The Kier molecular flexibility index (Phi) is 3.69. The summed E-state index contributed by atoms with van der Waals surface area (Å²) in [7, 11) is 0. The summed E-state index contributed by atoms with van der Waals surface area (Å²) in [6.45, 7) is 0. The Morgan fingerprint density at radius 1 is 1.00 bits per heavy atom. The molecule has 0 saturated carbocycles. The topological polar surface area (TPSA) is 76.7 Å². The maximum absolute atomic E-state index is 12.8. The molecule has 112 valence electrons. The van der Waals surface area contributed by atoms with E-state index in [0.717, 1.165) is 0 Å². The van der Waals surface area contributed by atoms with E-state index in [4.69, 9.17) is 4.42 Å². The fourth-order valence-electron chi connectivity index (χ4n) is 1.60. The number of aromatic nitrogens is 4. The third-order valence-corrected chi connectivity index (χ3v) is 2.63. The number of hydrogen-bond donors (Lipinski definition) is 1. The van der Waals surface area contributed by atoms with E-state index in [1.165, 1.54) is 36.7 Å². The number of alkyl halides is 2. The smallest absolute Gasteiger partial charge is 0.314 e. The van der Waals surface area contributed by atoms with Gasteiger partial charge in [-0.2, -0.15) is 8.78 Å². The number of nitrogens with zero attached hydrogens (tertiary/aromatic N) is 4. The van der Waals surface area contributed by atoms with E-state index in [-0.39, 0.29) is 17.7 Å². The van der Waals surface area contributed by atoms with Crippen molar-refractivity contribution in [2.75, 3.05) is 5.32 Å². The summed E-state index contributed by atoms with van der Waals surface area (Å²) in [5, 5.41) is 9.57. The molecule has 1 aromatic carbocycles. The molecule has 9 heteroatoms. The zero-order chi connectivity index (χ0) is 15.5. The molecule has 0 radical (unpaired) electrons. The maximum Gasteiger partial charge on any atom is 0.314 e. The fraction of sp³-hybridized carbons (Fsp3) is 0.0769. The van der Waals surface area contributed by atoms with Crippen LogP contribution in [-0.2, 0) is 0 Å². The van der Waals surface area contributed by atoms with E-state index < -0.39 is 12.3 Å². The van der Waals surface area contributed by atoms with Crippen molar-refractivity contribution >= 4 is 11.6 Å². The van der Waals surface area contributed by atoms with Gasteiger partial charge in [0.2, 0.25) is 5.95 Å². The lowest BCUT2D eigenvalue weighted by Crippen LogP contribution is -1.96. The van der Waals surface area contributed by atoms with Gasteiger partial charge in [0.05, 0.1) is 5.56 Å². The molecule has 3 aromatic rings. The van der Waals surface area contributed by atoms with Gasteiger partial charge in [-0.3, -0.25) is 0 Å². The highest BCUT2D eigenvalue weighted by molar-refractivity contribution is 5.55. The number of rotatable bonds is 4. The van der Waals surface area contributed by atoms with Crippen molar-refractivity contribution < 1.29 is 17.6 Å². The van der Waals surface area contributed by atoms with Crippen LogP contribution in [0.4, 0.5) is 24.8 Å². The number of anilines is 2. The molecule has 0 spiro atoms. The van der Waals surface area contributed by atoms with Gasteiger partial charge >= 0.3 is 6.43 Å². The summed E-state index contributed by atoms with van der Waals surface area (Å²) in [5.41, 5.74) is 0.913. The van der Waals surface area contributed by atoms with Crippen LogP contribution >= 0.6 is 0 Å². The molecule has 22 heavy (non-hydrogen) atoms. The van der Waals surface area contributed by atoms with Gasteiger partial charge < -0.3 is 9.73 Å². The lowest BCUT2D eigenvalue weighted by Gasteiger charge is -2.04. The van der Waals surface area contributed by atoms with Crippen molar-refractivity contribution in [1.82, 2.24) is 20.2 Å². The minimum atomic E-state index is -2.83. The molecule has 0 saturated heterocycles. The van der Waals surface area contributed by atoms with Gasteiger partial charge in [0.25, 0.3) is 11.8 Å². The Morgan fingerprint density at radius 3 is 2.27 bits per heavy atom. The molecular weight excluding hydrogens is 299 g/mol. The van der Waals surface area contributed by atoms with Gasteiger partial charge in [-0.05, 0) is 24.3 Å². The Morgan fingerprint density at radius 2 is 1.68 bits per heavy atom. The molecule has 0 atom stereocenters. The van der Waals surface area contributed by atoms with Crippen molar-refractivity contribution in [3.8, 4) is 11.5 Å². The standard InChI is InChI=1S/C13H8F3N5O/c14-8-1-3-9(4-2-8)19-13-17-5-7(6-18-13)11-20-21-12(22-11)10(15)16/h1-6,10H,(H,17,18,19). The van der Waals surface area contributed by atoms with Gasteiger partial charge in [-0.25, -0.2) is 14.4 Å². The minimum absolute atomic E-state index is 0.0939. The van der Waals surface area contributed by atoms with E-state index in [0.29, 0.717) is 11.3 Å². The molecule has 0 unspecified atom stereocenters. The highest BCUT2D eigenvalue weighted by Crippen LogP contribution is 2.22. The minimum Gasteiger partial charge on any atom is -0.415 e. The number of halogens is 3. The molecule has 0 aliphatic heterocycles. The van der Waals surface area contributed by atoms with Crippen LogP contribution in [0.1, 0.15) is 12.3 Å². The summed E-state index contributed by atoms with van der Waals surface area (Å²) in [5.74, 6) is -0.954. The molecular formula is C13H8F3N5O. The van der Waals surface area contributed by atoms with Crippen LogP contribution in [0.3, 0.4) is 0 Å². The van der Waals surface area contributed by atoms with Gasteiger partial charge in [-0.1, -0.05) is 0 Å². The van der Waals surface area contributed by atoms with Crippen molar-refractivity contribution in [3.05, 3.63) is 48.4 Å². The molecule has 2 heterocycles. The summed E-state index contributed by atoms with van der Waals surface area (Å²) >= 11 is 0. The van der Waals surface area contributed by atoms with Gasteiger partial charge in [0.1, 0.15) is 5.82 Å². The Labute approximate surface area is 122 Å². The third-order valence-electron chi connectivity index (χ3n) is 2.63. The SMILES string of the molecule is Fc1ccc(Nc2ncc(-c3nnc(C(F)F)o3)cn2)cc1. The number of nitrogens with one attached hydrogen (secondary N) is 1. The Balaban J connectivity index is 1.75. The predicted molar refractivity (Wildman–Crippen MR) is 70.0 cm³/mol. The van der Waals surface area contributed by atoms with E-state index in [1.54, 1.807) is 0 Å². The average Bonchev–Trinajstić information content (AvgIpc) is 3.00. The first-order chi connectivity index (χ1) is 10.6. The van der Waals surface area contributed by atoms with E-state index in [9.17, 15) is 13.2 Å².